The van der Waals surface area contributed by atoms with E-state index in [0.717, 1.165) is 22.4 Å². The molecule has 1 aliphatic heterocycles. The molecular formula is C16H22IN. The van der Waals surface area contributed by atoms with Crippen LogP contribution in [-0.2, 0) is 6.54 Å². The molecule has 2 fully saturated rings. The van der Waals surface area contributed by atoms with Gasteiger partial charge >= 0.3 is 0 Å². The van der Waals surface area contributed by atoms with Crippen LogP contribution in [0.3, 0.4) is 0 Å². The Balaban J connectivity index is 1.72. The predicted molar refractivity (Wildman–Crippen MR) is 85.0 cm³/mol. The van der Waals surface area contributed by atoms with Crippen molar-refractivity contribution in [2.24, 2.45) is 5.92 Å². The number of nitrogens with zero attached hydrogens (tertiary/aromatic N) is 1. The Morgan fingerprint density at radius 2 is 1.89 bits per heavy atom. The minimum atomic E-state index is 0.852. The molecule has 0 aromatic heterocycles. The average Bonchev–Trinajstić information content (AvgIpc) is 2.40. The Bertz CT molecular complexity index is 378. The molecule has 0 N–H and O–H groups in total. The van der Waals surface area contributed by atoms with Gasteiger partial charge < -0.3 is 0 Å². The fourth-order valence-corrected chi connectivity index (χ4v) is 4.90. The molecule has 0 spiro atoms. The van der Waals surface area contributed by atoms with E-state index in [1.54, 1.807) is 0 Å². The number of alkyl halides is 1. The van der Waals surface area contributed by atoms with Gasteiger partial charge in [-0.25, -0.2) is 0 Å². The van der Waals surface area contributed by atoms with Crippen LogP contribution in [0, 0.1) is 5.92 Å². The van der Waals surface area contributed by atoms with Crippen LogP contribution >= 0.6 is 22.6 Å². The van der Waals surface area contributed by atoms with E-state index in [9.17, 15) is 0 Å². The summed E-state index contributed by atoms with van der Waals surface area (Å²) in [5.41, 5.74) is 1.48. The van der Waals surface area contributed by atoms with Gasteiger partial charge in [0.25, 0.3) is 0 Å². The number of halogens is 1. The topological polar surface area (TPSA) is 3.24 Å². The van der Waals surface area contributed by atoms with Crippen molar-refractivity contribution in [3.63, 3.8) is 0 Å². The summed E-state index contributed by atoms with van der Waals surface area (Å²) in [4.78, 5) is 2.76. The van der Waals surface area contributed by atoms with Gasteiger partial charge in [-0.1, -0.05) is 65.8 Å². The number of fused-ring (bicyclic) bond motifs is 1. The highest BCUT2D eigenvalue weighted by Gasteiger charge is 2.36. The lowest BCUT2D eigenvalue weighted by Crippen LogP contribution is -2.49. The molecule has 2 heteroatoms. The van der Waals surface area contributed by atoms with Gasteiger partial charge in [-0.15, -0.1) is 0 Å². The van der Waals surface area contributed by atoms with Crippen molar-refractivity contribution >= 4 is 22.6 Å². The fourth-order valence-electron chi connectivity index (χ4n) is 3.74. The average molecular weight is 355 g/mol. The third-order valence-corrected chi connectivity index (χ3v) is 5.46. The Morgan fingerprint density at radius 1 is 1.11 bits per heavy atom. The summed E-state index contributed by atoms with van der Waals surface area (Å²) < 4.78 is 0.852. The van der Waals surface area contributed by atoms with E-state index in [-0.39, 0.29) is 0 Å². The van der Waals surface area contributed by atoms with Crippen LogP contribution in [0.15, 0.2) is 30.3 Å². The zero-order chi connectivity index (χ0) is 12.4. The van der Waals surface area contributed by atoms with E-state index < -0.39 is 0 Å². The van der Waals surface area contributed by atoms with E-state index in [4.69, 9.17) is 0 Å². The van der Waals surface area contributed by atoms with E-state index in [1.807, 2.05) is 0 Å². The van der Waals surface area contributed by atoms with Gasteiger partial charge in [0.2, 0.25) is 0 Å². The van der Waals surface area contributed by atoms with Crippen molar-refractivity contribution in [1.29, 1.82) is 0 Å². The number of benzene rings is 1. The second kappa shape index (κ2) is 5.91. The van der Waals surface area contributed by atoms with Crippen molar-refractivity contribution in [3.05, 3.63) is 35.9 Å². The Kier molecular flexibility index (Phi) is 4.24. The molecular weight excluding hydrogens is 333 g/mol. The van der Waals surface area contributed by atoms with Crippen LogP contribution in [0.5, 0.6) is 0 Å². The Hall–Kier alpha value is -0.0900. The van der Waals surface area contributed by atoms with E-state index in [0.29, 0.717) is 0 Å². The molecule has 1 aliphatic carbocycles. The maximum atomic E-state index is 2.76. The normalized spacial score (nSPS) is 33.1. The van der Waals surface area contributed by atoms with E-state index >= 15 is 0 Å². The van der Waals surface area contributed by atoms with Crippen molar-refractivity contribution in [1.82, 2.24) is 4.90 Å². The van der Waals surface area contributed by atoms with Crippen LogP contribution in [0.2, 0.25) is 0 Å². The molecule has 0 radical (unpaired) electrons. The summed E-state index contributed by atoms with van der Waals surface area (Å²) in [6.07, 6.45) is 7.26. The van der Waals surface area contributed by atoms with Gasteiger partial charge in [-0.3, -0.25) is 4.90 Å². The van der Waals surface area contributed by atoms with Crippen molar-refractivity contribution < 1.29 is 0 Å². The lowest BCUT2D eigenvalue weighted by molar-refractivity contribution is 0.0610. The maximum absolute atomic E-state index is 2.76. The van der Waals surface area contributed by atoms with Gasteiger partial charge in [-0.2, -0.15) is 0 Å². The molecule has 98 valence electrons. The first-order valence-electron chi connectivity index (χ1n) is 7.25. The molecule has 3 rings (SSSR count). The van der Waals surface area contributed by atoms with Gasteiger partial charge in [0.1, 0.15) is 0 Å². The highest BCUT2D eigenvalue weighted by atomic mass is 127. The quantitative estimate of drug-likeness (QED) is 0.566. The molecule has 2 aliphatic rings. The summed E-state index contributed by atoms with van der Waals surface area (Å²) in [6, 6.07) is 11.9. The molecule has 0 amide bonds. The summed E-state index contributed by atoms with van der Waals surface area (Å²) in [7, 11) is 0. The highest BCUT2D eigenvalue weighted by Crippen LogP contribution is 2.38. The Labute approximate surface area is 124 Å². The second-order valence-electron chi connectivity index (χ2n) is 5.86. The monoisotopic (exact) mass is 355 g/mol. The van der Waals surface area contributed by atoms with E-state index in [1.165, 1.54) is 44.2 Å². The van der Waals surface area contributed by atoms with Gasteiger partial charge in [0.15, 0.2) is 0 Å². The summed E-state index contributed by atoms with van der Waals surface area (Å²) in [5, 5.41) is 0. The standard InChI is InChI=1S/C16H22IN/c17-15-10-14-8-4-5-9-16(14)18(12-15)11-13-6-2-1-3-7-13/h1-3,6-7,14-16H,4-5,8-12H2/t14-,15-,16-/m0/s1. The number of piperidine rings is 1. The van der Waals surface area contributed by atoms with Gasteiger partial charge in [0, 0.05) is 23.1 Å². The van der Waals surface area contributed by atoms with Crippen molar-refractivity contribution in [3.8, 4) is 0 Å². The Morgan fingerprint density at radius 3 is 2.72 bits per heavy atom. The predicted octanol–water partition coefficient (Wildman–Crippen LogP) is 4.25. The third kappa shape index (κ3) is 2.90. The number of rotatable bonds is 2. The lowest BCUT2D eigenvalue weighted by Gasteiger charge is -2.46. The molecule has 1 aromatic rings. The summed E-state index contributed by atoms with van der Waals surface area (Å²) >= 11 is 2.66. The number of hydrogen-bond donors (Lipinski definition) is 0. The van der Waals surface area contributed by atoms with Crippen LogP contribution in [0.25, 0.3) is 0 Å². The van der Waals surface area contributed by atoms with Gasteiger partial charge in [0.05, 0.1) is 0 Å². The summed E-state index contributed by atoms with van der Waals surface area (Å²) in [6.45, 7) is 2.44. The smallest absolute Gasteiger partial charge is 0.0240 e. The first kappa shape index (κ1) is 12.9. The maximum Gasteiger partial charge on any atom is 0.0240 e. The molecule has 1 heterocycles. The minimum Gasteiger partial charge on any atom is -0.295 e. The molecule has 18 heavy (non-hydrogen) atoms. The summed E-state index contributed by atoms with van der Waals surface area (Å²) in [5.74, 6) is 0.970. The van der Waals surface area contributed by atoms with Crippen LogP contribution < -0.4 is 0 Å². The third-order valence-electron chi connectivity index (χ3n) is 4.56. The molecule has 1 nitrogen and oxygen atoms in total. The van der Waals surface area contributed by atoms with E-state index in [2.05, 4.69) is 57.8 Å². The molecule has 1 saturated heterocycles. The van der Waals surface area contributed by atoms with Crippen molar-refractivity contribution in [2.45, 2.75) is 48.6 Å². The molecule has 0 bridgehead atoms. The van der Waals surface area contributed by atoms with Gasteiger partial charge in [-0.05, 0) is 30.7 Å². The zero-order valence-corrected chi connectivity index (χ0v) is 13.1. The largest absolute Gasteiger partial charge is 0.295 e. The number of hydrogen-bond acceptors (Lipinski definition) is 1. The first-order valence-corrected chi connectivity index (χ1v) is 8.49. The molecule has 0 unspecified atom stereocenters. The van der Waals surface area contributed by atoms with Crippen LogP contribution in [0.1, 0.15) is 37.7 Å². The highest BCUT2D eigenvalue weighted by molar-refractivity contribution is 14.1. The van der Waals surface area contributed by atoms with Crippen LogP contribution in [-0.4, -0.2) is 21.4 Å². The van der Waals surface area contributed by atoms with Crippen LogP contribution in [0.4, 0.5) is 0 Å². The molecule has 3 atom stereocenters. The molecule has 1 saturated carbocycles. The lowest BCUT2D eigenvalue weighted by atomic mass is 9.78. The van der Waals surface area contributed by atoms with Crippen molar-refractivity contribution in [2.75, 3.05) is 6.54 Å². The zero-order valence-electron chi connectivity index (χ0n) is 10.9. The minimum absolute atomic E-state index is 0.852. The first-order chi connectivity index (χ1) is 8.83. The molecule has 1 aromatic carbocycles. The second-order valence-corrected chi connectivity index (χ2v) is 7.62. The SMILES string of the molecule is I[C@H]1C[C@@H]2CCCC[C@@H]2N(Cc2ccccc2)C1. The number of likely N-dealkylation sites (tertiary alicyclic amines) is 1. The fraction of sp³-hybridized carbons (Fsp3) is 0.625.